The molecule has 0 N–H and O–H groups in total. The summed E-state index contributed by atoms with van der Waals surface area (Å²) in [7, 11) is 0. The van der Waals surface area contributed by atoms with Crippen LogP contribution in [0.1, 0.15) is 0 Å². The number of nitrogens with zero attached hydrogens (tertiary/aromatic N) is 9. The molecule has 0 fully saturated rings. The van der Waals surface area contributed by atoms with Gasteiger partial charge in [0.1, 0.15) is 0 Å². The van der Waals surface area contributed by atoms with Crippen LogP contribution in [0.4, 0.5) is 22.0 Å². The molecule has 0 unspecified atom stereocenters. The Kier molecular flexibility index (Phi) is 5.04. The summed E-state index contributed by atoms with van der Waals surface area (Å²) < 4.78 is 72.9. The van der Waals surface area contributed by atoms with Crippen LogP contribution < -0.4 is 3.61 Å². The summed E-state index contributed by atoms with van der Waals surface area (Å²) in [6.45, 7) is 0. The Morgan fingerprint density at radius 3 is 1.19 bits per heavy atom. The quantitative estimate of drug-likeness (QED) is 0.133. The van der Waals surface area contributed by atoms with Crippen LogP contribution in [0, 0.1) is 29.1 Å². The molecule has 0 bridgehead atoms. The van der Waals surface area contributed by atoms with Crippen LogP contribution in [0.15, 0.2) is 10.1 Å². The van der Waals surface area contributed by atoms with Gasteiger partial charge in [-0.05, 0) is 0 Å². The monoisotopic (exact) mass is 423 g/mol. The standard InChI is InChI=1S/C6F5N9Te/c7-1-2(8)4(10)6(5(11)3(1)9)21(18-15-12,19-16-13)20-17-14. The van der Waals surface area contributed by atoms with Crippen molar-refractivity contribution in [1.82, 2.24) is 0 Å². The van der Waals surface area contributed by atoms with Crippen molar-refractivity contribution < 1.29 is 22.0 Å². The molecule has 0 aromatic heterocycles. The Labute approximate surface area is 115 Å². The Hall–Kier alpha value is -2.41. The van der Waals surface area contributed by atoms with Crippen molar-refractivity contribution in [3.63, 3.8) is 0 Å². The molecule has 0 atom stereocenters. The molecule has 1 aromatic carbocycles. The van der Waals surface area contributed by atoms with Gasteiger partial charge >= 0.3 is 115 Å². The summed E-state index contributed by atoms with van der Waals surface area (Å²) in [6, 6.07) is 0. The minimum absolute atomic E-state index is 1.71. The second-order valence-electron chi connectivity index (χ2n) is 2.93. The molecule has 0 aliphatic rings. The van der Waals surface area contributed by atoms with Crippen molar-refractivity contribution in [2.75, 3.05) is 0 Å². The third-order valence-corrected chi connectivity index (χ3v) is 7.06. The Morgan fingerprint density at radius 1 is 0.619 bits per heavy atom. The van der Waals surface area contributed by atoms with E-state index in [1.165, 1.54) is 0 Å². The zero-order valence-corrected chi connectivity index (χ0v) is 11.7. The number of rotatable bonds is 4. The van der Waals surface area contributed by atoms with E-state index in [2.05, 4.69) is 24.8 Å². The van der Waals surface area contributed by atoms with E-state index in [0.717, 1.165) is 0 Å². The topological polar surface area (TPSA) is 146 Å². The molecule has 0 saturated heterocycles. The number of hydrogen-bond acceptors (Lipinski definition) is 3. The fraction of sp³-hybridized carbons (Fsp3) is 0. The van der Waals surface area contributed by atoms with Crippen LogP contribution in [0.2, 0.25) is 0 Å². The van der Waals surface area contributed by atoms with Gasteiger partial charge in [0.05, 0.1) is 0 Å². The number of azide groups is 1. The molecule has 110 valence electrons. The molecule has 0 heterocycles. The van der Waals surface area contributed by atoms with Crippen LogP contribution in [-0.2, 0) is 0 Å². The Balaban J connectivity index is 4.05. The van der Waals surface area contributed by atoms with Gasteiger partial charge in [0.2, 0.25) is 0 Å². The third kappa shape index (κ3) is 2.73. The molecular formula is C6F5N9Te. The van der Waals surface area contributed by atoms with Crippen LogP contribution >= 0.6 is 0 Å². The first-order valence-corrected chi connectivity index (χ1v) is 8.69. The van der Waals surface area contributed by atoms with Crippen LogP contribution in [0.5, 0.6) is 0 Å². The average molecular weight is 421 g/mol. The van der Waals surface area contributed by atoms with E-state index in [9.17, 15) is 22.0 Å². The summed E-state index contributed by atoms with van der Waals surface area (Å²) in [5.74, 6) is -11.9. The Bertz CT molecular complexity index is 671. The van der Waals surface area contributed by atoms with Crippen molar-refractivity contribution in [2.45, 2.75) is 0 Å². The molecule has 15 heteroatoms. The van der Waals surface area contributed by atoms with E-state index in [1.54, 1.807) is 0 Å². The molecule has 0 spiro atoms. The van der Waals surface area contributed by atoms with Crippen molar-refractivity contribution in [3.05, 3.63) is 60.4 Å². The van der Waals surface area contributed by atoms with Gasteiger partial charge in [0, 0.05) is 0 Å². The van der Waals surface area contributed by atoms with Crippen LogP contribution in [0.3, 0.4) is 0 Å². The molecule has 0 amide bonds. The molecule has 21 heavy (non-hydrogen) atoms. The molecule has 1 aromatic rings. The first-order chi connectivity index (χ1) is 9.86. The fourth-order valence-corrected chi connectivity index (χ4v) is 4.88. The summed E-state index contributed by atoms with van der Waals surface area (Å²) in [4.78, 5) is 6.28. The van der Waals surface area contributed by atoms with Gasteiger partial charge in [-0.2, -0.15) is 0 Å². The predicted molar refractivity (Wildman–Crippen MR) is 59.1 cm³/mol. The third-order valence-electron chi connectivity index (χ3n) is 1.89. The molecule has 0 radical (unpaired) electrons. The Morgan fingerprint density at radius 2 is 0.905 bits per heavy atom. The second kappa shape index (κ2) is 6.36. The van der Waals surface area contributed by atoms with Gasteiger partial charge in [0.15, 0.2) is 0 Å². The summed E-state index contributed by atoms with van der Waals surface area (Å²) >= 11 is -5.76. The van der Waals surface area contributed by atoms with E-state index in [-0.39, 0.29) is 0 Å². The van der Waals surface area contributed by atoms with Crippen molar-refractivity contribution in [3.8, 4) is 0 Å². The first kappa shape index (κ1) is 16.6. The summed E-state index contributed by atoms with van der Waals surface area (Å²) in [6.07, 6.45) is 0. The van der Waals surface area contributed by atoms with Gasteiger partial charge < -0.3 is 0 Å². The maximum absolute atomic E-state index is 13.6. The van der Waals surface area contributed by atoms with Gasteiger partial charge in [-0.1, -0.05) is 0 Å². The van der Waals surface area contributed by atoms with Crippen LogP contribution in [-0.4, -0.2) is 19.0 Å². The van der Waals surface area contributed by atoms with Gasteiger partial charge in [-0.15, -0.1) is 0 Å². The van der Waals surface area contributed by atoms with Crippen molar-refractivity contribution >= 4 is 22.6 Å². The van der Waals surface area contributed by atoms with E-state index in [4.69, 9.17) is 16.6 Å². The molecule has 0 aliphatic carbocycles. The van der Waals surface area contributed by atoms with Crippen molar-refractivity contribution in [2.24, 2.45) is 10.1 Å². The summed E-state index contributed by atoms with van der Waals surface area (Å²) in [5, 5.41) is 0. The average Bonchev–Trinajstić information content (AvgIpc) is 2.44. The number of halogens is 5. The van der Waals surface area contributed by atoms with E-state index < -0.39 is 51.7 Å². The van der Waals surface area contributed by atoms with Gasteiger partial charge in [0.25, 0.3) is 0 Å². The minimum atomic E-state index is -5.76. The SMILES string of the molecule is [N-]=[N+]=N[Te](N=[N+]=[N-])(N=[N+]=[N-])c1c(F)c(F)c(F)c(F)c1F. The summed E-state index contributed by atoms with van der Waals surface area (Å²) in [5.41, 5.74) is 25.0. The van der Waals surface area contributed by atoms with Crippen molar-refractivity contribution in [1.29, 1.82) is 0 Å². The molecule has 0 aliphatic heterocycles. The normalized spacial score (nSPS) is 14.0. The predicted octanol–water partition coefficient (Wildman–Crippen LogP) is 3.46. The fourth-order valence-electron chi connectivity index (χ4n) is 1.15. The van der Waals surface area contributed by atoms with E-state index in [1.807, 2.05) is 0 Å². The van der Waals surface area contributed by atoms with Gasteiger partial charge in [-0.25, -0.2) is 0 Å². The number of hydrogen-bond donors (Lipinski definition) is 0. The van der Waals surface area contributed by atoms with E-state index in [0.29, 0.717) is 0 Å². The zero-order chi connectivity index (χ0) is 16.2. The zero-order valence-electron chi connectivity index (χ0n) is 9.32. The molecule has 1 rings (SSSR count). The maximum atomic E-state index is 13.6. The molecule has 0 saturated carbocycles. The van der Waals surface area contributed by atoms with Gasteiger partial charge in [-0.3, -0.25) is 0 Å². The van der Waals surface area contributed by atoms with E-state index >= 15 is 0 Å². The number of benzene rings is 1. The first-order valence-electron chi connectivity index (χ1n) is 4.40. The van der Waals surface area contributed by atoms with Crippen LogP contribution in [0.25, 0.3) is 31.3 Å². The molecule has 9 nitrogen and oxygen atoms in total. The molecular weight excluding hydrogens is 421 g/mol. The second-order valence-corrected chi connectivity index (χ2v) is 8.46.